The minimum Gasteiger partial charge on any atom is -0.477 e. The van der Waals surface area contributed by atoms with Gasteiger partial charge in [0.25, 0.3) is 5.19 Å². The van der Waals surface area contributed by atoms with Crippen LogP contribution in [0.1, 0.15) is 9.67 Å². The predicted molar refractivity (Wildman–Crippen MR) is 72.3 cm³/mol. The molecule has 1 aromatic carbocycles. The molecule has 20 heavy (non-hydrogen) atoms. The van der Waals surface area contributed by atoms with Gasteiger partial charge in [-0.2, -0.15) is 4.98 Å². The van der Waals surface area contributed by atoms with Crippen LogP contribution in [0.4, 0.5) is 5.69 Å². The van der Waals surface area contributed by atoms with Gasteiger partial charge >= 0.3 is 11.7 Å². The second kappa shape index (κ2) is 5.61. The van der Waals surface area contributed by atoms with Gasteiger partial charge in [0, 0.05) is 11.1 Å². The molecule has 0 saturated heterocycles. The number of nitro groups is 1. The molecule has 104 valence electrons. The minimum atomic E-state index is -1.26. The van der Waals surface area contributed by atoms with Crippen molar-refractivity contribution < 1.29 is 19.6 Å². The zero-order chi connectivity index (χ0) is 14.9. The van der Waals surface area contributed by atoms with E-state index >= 15 is 0 Å². The lowest BCUT2D eigenvalue weighted by atomic mass is 10.3. The second-order valence-electron chi connectivity index (χ2n) is 3.38. The molecular formula is C10H4Cl2N2O5S. The van der Waals surface area contributed by atoms with E-state index in [1.807, 2.05) is 0 Å². The van der Waals surface area contributed by atoms with Gasteiger partial charge in [-0.3, -0.25) is 10.1 Å². The normalized spacial score (nSPS) is 10.3. The van der Waals surface area contributed by atoms with Crippen LogP contribution in [0.15, 0.2) is 18.2 Å². The van der Waals surface area contributed by atoms with Crippen LogP contribution in [-0.4, -0.2) is 21.0 Å². The third-order valence-electron chi connectivity index (χ3n) is 2.08. The van der Waals surface area contributed by atoms with Crippen molar-refractivity contribution in [1.82, 2.24) is 4.98 Å². The van der Waals surface area contributed by atoms with Crippen molar-refractivity contribution in [2.45, 2.75) is 0 Å². The number of carboxylic acid groups (broad SMARTS) is 1. The summed E-state index contributed by atoms with van der Waals surface area (Å²) in [7, 11) is 0. The first-order chi connectivity index (χ1) is 9.38. The summed E-state index contributed by atoms with van der Waals surface area (Å²) in [6, 6.07) is 3.80. The van der Waals surface area contributed by atoms with Crippen LogP contribution in [0.2, 0.25) is 10.2 Å². The molecule has 1 N–H and O–H groups in total. The number of nitro benzene ring substituents is 1. The number of benzene rings is 1. The average molecular weight is 335 g/mol. The number of hydrogen-bond acceptors (Lipinski definition) is 6. The molecule has 0 unspecified atom stereocenters. The van der Waals surface area contributed by atoms with Crippen molar-refractivity contribution in [3.8, 4) is 10.9 Å². The summed E-state index contributed by atoms with van der Waals surface area (Å²) in [6.45, 7) is 0. The Morgan fingerprint density at radius 3 is 2.70 bits per heavy atom. The largest absolute Gasteiger partial charge is 0.477 e. The van der Waals surface area contributed by atoms with Crippen molar-refractivity contribution in [3.05, 3.63) is 43.4 Å². The number of hydrogen-bond donors (Lipinski definition) is 1. The molecule has 0 aliphatic carbocycles. The number of carboxylic acids is 1. The fraction of sp³-hybridized carbons (Fsp3) is 0. The van der Waals surface area contributed by atoms with Crippen LogP contribution in [0.25, 0.3) is 0 Å². The Morgan fingerprint density at radius 2 is 2.15 bits per heavy atom. The summed E-state index contributed by atoms with van der Waals surface area (Å²) in [6.07, 6.45) is 0. The first kappa shape index (κ1) is 14.5. The summed E-state index contributed by atoms with van der Waals surface area (Å²) in [5.74, 6) is -1.37. The van der Waals surface area contributed by atoms with Crippen molar-refractivity contribution >= 4 is 46.2 Å². The topological polar surface area (TPSA) is 103 Å². The molecule has 0 radical (unpaired) electrons. The highest BCUT2D eigenvalue weighted by Crippen LogP contribution is 2.37. The monoisotopic (exact) mass is 334 g/mol. The van der Waals surface area contributed by atoms with Crippen molar-refractivity contribution in [2.75, 3.05) is 0 Å². The summed E-state index contributed by atoms with van der Waals surface area (Å²) in [4.78, 5) is 24.5. The van der Waals surface area contributed by atoms with Gasteiger partial charge < -0.3 is 9.84 Å². The summed E-state index contributed by atoms with van der Waals surface area (Å²) < 4.78 is 5.20. The molecule has 1 aromatic heterocycles. The zero-order valence-electron chi connectivity index (χ0n) is 9.37. The molecule has 0 bridgehead atoms. The molecule has 7 nitrogen and oxygen atoms in total. The number of aromatic carboxylic acids is 1. The number of carbonyl (C=O) groups is 1. The molecule has 2 rings (SSSR count). The molecule has 1 heterocycles. The van der Waals surface area contributed by atoms with E-state index in [0.29, 0.717) is 11.3 Å². The lowest BCUT2D eigenvalue weighted by Crippen LogP contribution is -1.93. The molecule has 0 saturated carbocycles. The second-order valence-corrected chi connectivity index (χ2v) is 5.13. The number of ether oxygens (including phenoxy) is 1. The van der Waals surface area contributed by atoms with Crippen LogP contribution >= 0.6 is 34.5 Å². The van der Waals surface area contributed by atoms with Gasteiger partial charge in [0.2, 0.25) is 5.75 Å². The summed E-state index contributed by atoms with van der Waals surface area (Å²) >= 11 is 11.9. The third kappa shape index (κ3) is 2.98. The highest BCUT2D eigenvalue weighted by molar-refractivity contribution is 7.15. The smallest absolute Gasteiger partial charge is 0.349 e. The Hall–Kier alpha value is -1.90. The fourth-order valence-corrected chi connectivity index (χ4v) is 2.42. The standard InChI is InChI=1S/C10H4Cl2N2O5S/c11-4-1-2-6(5(3-4)14(17)18)19-10-13-8(12)7(20-10)9(15)16/h1-3H,(H,15,16). The maximum absolute atomic E-state index is 10.9. The highest BCUT2D eigenvalue weighted by Gasteiger charge is 2.21. The van der Waals surface area contributed by atoms with E-state index in [9.17, 15) is 14.9 Å². The third-order valence-corrected chi connectivity index (χ3v) is 3.62. The van der Waals surface area contributed by atoms with E-state index in [2.05, 4.69) is 4.98 Å². The van der Waals surface area contributed by atoms with Crippen molar-refractivity contribution in [1.29, 1.82) is 0 Å². The maximum Gasteiger partial charge on any atom is 0.349 e. The van der Waals surface area contributed by atoms with Gasteiger partial charge in [-0.25, -0.2) is 4.79 Å². The van der Waals surface area contributed by atoms with E-state index in [1.54, 1.807) is 0 Å². The molecule has 0 aliphatic heterocycles. The SMILES string of the molecule is O=C(O)c1sc(Oc2ccc(Cl)cc2[N+](=O)[O-])nc1Cl. The average Bonchev–Trinajstić information content (AvgIpc) is 2.72. The van der Waals surface area contributed by atoms with Crippen molar-refractivity contribution in [2.24, 2.45) is 0 Å². The fourth-order valence-electron chi connectivity index (χ4n) is 1.27. The number of halogens is 2. The van der Waals surface area contributed by atoms with Gasteiger partial charge in [0.05, 0.1) is 4.92 Å². The molecule has 0 atom stereocenters. The van der Waals surface area contributed by atoms with E-state index in [4.69, 9.17) is 33.0 Å². The number of aromatic nitrogens is 1. The van der Waals surface area contributed by atoms with Crippen LogP contribution in [-0.2, 0) is 0 Å². The van der Waals surface area contributed by atoms with Crippen LogP contribution in [0, 0.1) is 10.1 Å². The van der Waals surface area contributed by atoms with Crippen LogP contribution < -0.4 is 4.74 Å². The lowest BCUT2D eigenvalue weighted by molar-refractivity contribution is -0.385. The Bertz CT molecular complexity index is 703. The summed E-state index contributed by atoms with van der Waals surface area (Å²) in [5, 5.41) is 19.5. The lowest BCUT2D eigenvalue weighted by Gasteiger charge is -2.02. The molecule has 0 fully saturated rings. The van der Waals surface area contributed by atoms with E-state index in [1.165, 1.54) is 12.1 Å². The Kier molecular flexibility index (Phi) is 4.07. The zero-order valence-corrected chi connectivity index (χ0v) is 11.7. The molecule has 2 aromatic rings. The van der Waals surface area contributed by atoms with E-state index in [0.717, 1.165) is 6.07 Å². The Balaban J connectivity index is 2.37. The minimum absolute atomic E-state index is 0.109. The highest BCUT2D eigenvalue weighted by atomic mass is 35.5. The molecule has 0 aliphatic rings. The van der Waals surface area contributed by atoms with Gasteiger partial charge in [-0.05, 0) is 12.1 Å². The van der Waals surface area contributed by atoms with E-state index in [-0.39, 0.29) is 31.7 Å². The first-order valence-electron chi connectivity index (χ1n) is 4.90. The summed E-state index contributed by atoms with van der Waals surface area (Å²) in [5.41, 5.74) is -0.360. The number of thiazole rings is 1. The Labute approximate surface area is 125 Å². The van der Waals surface area contributed by atoms with Gasteiger partial charge in [0.1, 0.15) is 0 Å². The predicted octanol–water partition coefficient (Wildman–Crippen LogP) is 3.85. The molecule has 10 heteroatoms. The Morgan fingerprint density at radius 1 is 1.45 bits per heavy atom. The quantitative estimate of drug-likeness (QED) is 0.672. The van der Waals surface area contributed by atoms with Crippen LogP contribution in [0.5, 0.6) is 10.9 Å². The van der Waals surface area contributed by atoms with E-state index < -0.39 is 10.9 Å². The van der Waals surface area contributed by atoms with Crippen molar-refractivity contribution in [3.63, 3.8) is 0 Å². The van der Waals surface area contributed by atoms with Gasteiger partial charge in [-0.15, -0.1) is 0 Å². The first-order valence-corrected chi connectivity index (χ1v) is 6.47. The molecule has 0 spiro atoms. The number of nitrogens with zero attached hydrogens (tertiary/aromatic N) is 2. The maximum atomic E-state index is 10.9. The number of rotatable bonds is 4. The van der Waals surface area contributed by atoms with Gasteiger partial charge in [0.15, 0.2) is 10.0 Å². The van der Waals surface area contributed by atoms with Gasteiger partial charge in [-0.1, -0.05) is 34.5 Å². The molecular weight excluding hydrogens is 331 g/mol. The molecule has 0 amide bonds. The van der Waals surface area contributed by atoms with Crippen LogP contribution in [0.3, 0.4) is 0 Å².